The van der Waals surface area contributed by atoms with Gasteiger partial charge in [0.1, 0.15) is 0 Å². The van der Waals surface area contributed by atoms with Gasteiger partial charge in [0, 0.05) is 33.8 Å². The van der Waals surface area contributed by atoms with Gasteiger partial charge in [-0.1, -0.05) is 72.3 Å². The summed E-state index contributed by atoms with van der Waals surface area (Å²) in [7, 11) is 0. The highest BCUT2D eigenvalue weighted by Gasteiger charge is 2.34. The molecule has 3 aromatic carbocycles. The highest BCUT2D eigenvalue weighted by Crippen LogP contribution is 2.39. The molecule has 1 heterocycles. The van der Waals surface area contributed by atoms with Gasteiger partial charge in [-0.05, 0) is 29.3 Å². The molecule has 0 radical (unpaired) electrons. The van der Waals surface area contributed by atoms with Crippen LogP contribution in [-0.2, 0) is 6.54 Å². The Labute approximate surface area is 169 Å². The predicted molar refractivity (Wildman–Crippen MR) is 112 cm³/mol. The fraction of sp³-hybridized carbons (Fsp3) is 0.174. The summed E-state index contributed by atoms with van der Waals surface area (Å²) in [4.78, 5) is 14.3. The Morgan fingerprint density at radius 3 is 2.44 bits per heavy atom. The quantitative estimate of drug-likeness (QED) is 0.596. The van der Waals surface area contributed by atoms with Crippen molar-refractivity contribution in [2.45, 2.75) is 17.5 Å². The second-order valence-electron chi connectivity index (χ2n) is 6.68. The molecule has 2 nitrogen and oxygen atoms in total. The standard InChI is InChI=1S/C23H20ClNOS/c24-18-11-12-21-19(13-18)23(26)20(15-27-21)22(17-9-5-2-6-10-17)25-14-16-7-3-1-4-8-16/h1-13,20,22,25H,14-15H2. The smallest absolute Gasteiger partial charge is 0.169 e. The molecule has 1 N–H and O–H groups in total. The number of hydrogen-bond acceptors (Lipinski definition) is 3. The molecule has 0 aliphatic carbocycles. The molecule has 2 unspecified atom stereocenters. The Hall–Kier alpha value is -2.07. The van der Waals surface area contributed by atoms with Crippen molar-refractivity contribution in [3.63, 3.8) is 0 Å². The van der Waals surface area contributed by atoms with Gasteiger partial charge >= 0.3 is 0 Å². The Morgan fingerprint density at radius 2 is 1.70 bits per heavy atom. The number of fused-ring (bicyclic) bond motifs is 1. The van der Waals surface area contributed by atoms with E-state index in [9.17, 15) is 4.79 Å². The van der Waals surface area contributed by atoms with Gasteiger partial charge in [0.15, 0.2) is 5.78 Å². The minimum Gasteiger partial charge on any atom is -0.305 e. The zero-order valence-electron chi connectivity index (χ0n) is 14.8. The summed E-state index contributed by atoms with van der Waals surface area (Å²) in [5.41, 5.74) is 3.09. The topological polar surface area (TPSA) is 29.1 Å². The van der Waals surface area contributed by atoms with Crippen molar-refractivity contribution in [3.8, 4) is 0 Å². The van der Waals surface area contributed by atoms with Crippen molar-refractivity contribution < 1.29 is 4.79 Å². The maximum absolute atomic E-state index is 13.3. The molecule has 136 valence electrons. The molecule has 3 aromatic rings. The normalized spacial score (nSPS) is 17.4. The Bertz CT molecular complexity index is 930. The van der Waals surface area contributed by atoms with Crippen LogP contribution in [0.4, 0.5) is 0 Å². The zero-order valence-corrected chi connectivity index (χ0v) is 16.3. The molecule has 27 heavy (non-hydrogen) atoms. The van der Waals surface area contributed by atoms with Crippen molar-refractivity contribution in [1.29, 1.82) is 0 Å². The third kappa shape index (κ3) is 4.11. The number of benzene rings is 3. The van der Waals surface area contributed by atoms with Gasteiger partial charge in [-0.15, -0.1) is 11.8 Å². The molecule has 0 spiro atoms. The number of rotatable bonds is 5. The lowest BCUT2D eigenvalue weighted by atomic mass is 9.87. The maximum Gasteiger partial charge on any atom is 0.169 e. The summed E-state index contributed by atoms with van der Waals surface area (Å²) in [5.74, 6) is 0.794. The van der Waals surface area contributed by atoms with E-state index < -0.39 is 0 Å². The van der Waals surface area contributed by atoms with Gasteiger partial charge in [0.05, 0.1) is 5.92 Å². The molecule has 0 saturated carbocycles. The summed E-state index contributed by atoms with van der Waals surface area (Å²) in [6, 6.07) is 26.1. The first-order valence-corrected chi connectivity index (χ1v) is 10.4. The fourth-order valence-electron chi connectivity index (χ4n) is 3.50. The van der Waals surface area contributed by atoms with Gasteiger partial charge in [-0.25, -0.2) is 0 Å². The molecule has 0 amide bonds. The van der Waals surface area contributed by atoms with E-state index >= 15 is 0 Å². The van der Waals surface area contributed by atoms with Crippen molar-refractivity contribution in [1.82, 2.24) is 5.32 Å². The first-order valence-electron chi connectivity index (χ1n) is 9.01. The number of carbonyl (C=O) groups excluding carboxylic acids is 1. The highest BCUT2D eigenvalue weighted by atomic mass is 35.5. The van der Waals surface area contributed by atoms with Crippen LogP contribution in [0.15, 0.2) is 83.8 Å². The lowest BCUT2D eigenvalue weighted by Crippen LogP contribution is -2.36. The molecule has 1 aliphatic rings. The average molecular weight is 394 g/mol. The number of hydrogen-bond donors (Lipinski definition) is 1. The number of thioether (sulfide) groups is 1. The van der Waals surface area contributed by atoms with E-state index in [1.165, 1.54) is 5.56 Å². The van der Waals surface area contributed by atoms with Crippen molar-refractivity contribution in [3.05, 3.63) is 101 Å². The third-order valence-corrected chi connectivity index (χ3v) is 6.32. The molecule has 4 heteroatoms. The predicted octanol–water partition coefficient (Wildman–Crippen LogP) is 5.78. The fourth-order valence-corrected chi connectivity index (χ4v) is 4.85. The molecule has 4 rings (SSSR count). The highest BCUT2D eigenvalue weighted by molar-refractivity contribution is 7.99. The van der Waals surface area contributed by atoms with Crippen LogP contribution in [0.25, 0.3) is 0 Å². The van der Waals surface area contributed by atoms with Crippen LogP contribution in [0.3, 0.4) is 0 Å². The van der Waals surface area contributed by atoms with E-state index in [1.807, 2.05) is 48.5 Å². The number of ketones is 1. The second-order valence-corrected chi connectivity index (χ2v) is 8.18. The van der Waals surface area contributed by atoms with Crippen LogP contribution in [0.1, 0.15) is 27.5 Å². The zero-order chi connectivity index (χ0) is 18.6. The first kappa shape index (κ1) is 18.3. The molecular weight excluding hydrogens is 374 g/mol. The number of carbonyl (C=O) groups is 1. The van der Waals surface area contributed by atoms with Gasteiger partial charge in [-0.2, -0.15) is 0 Å². The van der Waals surface area contributed by atoms with E-state index in [-0.39, 0.29) is 17.7 Å². The number of Topliss-reactive ketones (excluding diaryl/α,β-unsaturated/α-hetero) is 1. The Kier molecular flexibility index (Phi) is 5.63. The van der Waals surface area contributed by atoms with Crippen molar-refractivity contribution >= 4 is 29.1 Å². The van der Waals surface area contributed by atoms with E-state index in [0.717, 1.165) is 28.3 Å². The lowest BCUT2D eigenvalue weighted by molar-refractivity contribution is 0.0898. The van der Waals surface area contributed by atoms with Crippen LogP contribution >= 0.6 is 23.4 Å². The lowest BCUT2D eigenvalue weighted by Gasteiger charge is -2.31. The maximum atomic E-state index is 13.3. The molecule has 0 aromatic heterocycles. The number of nitrogens with one attached hydrogen (secondary N) is 1. The van der Waals surface area contributed by atoms with Crippen LogP contribution in [0.5, 0.6) is 0 Å². The first-order chi connectivity index (χ1) is 13.2. The second kappa shape index (κ2) is 8.30. The van der Waals surface area contributed by atoms with Crippen LogP contribution in [-0.4, -0.2) is 11.5 Å². The van der Waals surface area contributed by atoms with E-state index in [1.54, 1.807) is 17.8 Å². The summed E-state index contributed by atoms with van der Waals surface area (Å²) < 4.78 is 0. The van der Waals surface area contributed by atoms with Gasteiger partial charge in [-0.3, -0.25) is 4.79 Å². The summed E-state index contributed by atoms with van der Waals surface area (Å²) in [5, 5.41) is 4.24. The van der Waals surface area contributed by atoms with Gasteiger partial charge in [0.25, 0.3) is 0 Å². The molecular formula is C23H20ClNOS. The van der Waals surface area contributed by atoms with Gasteiger partial charge < -0.3 is 5.32 Å². The molecule has 0 fully saturated rings. The van der Waals surface area contributed by atoms with Gasteiger partial charge in [0.2, 0.25) is 0 Å². The van der Waals surface area contributed by atoms with Crippen LogP contribution in [0, 0.1) is 5.92 Å². The van der Waals surface area contributed by atoms with Crippen LogP contribution in [0.2, 0.25) is 5.02 Å². The Balaban J connectivity index is 1.63. The SMILES string of the molecule is O=C1c2cc(Cl)ccc2SCC1C(NCc1ccccc1)c1ccccc1. The minimum atomic E-state index is -0.132. The Morgan fingerprint density at radius 1 is 1.00 bits per heavy atom. The van der Waals surface area contributed by atoms with E-state index in [4.69, 9.17) is 11.6 Å². The minimum absolute atomic E-state index is 0.0430. The summed E-state index contributed by atoms with van der Waals surface area (Å²) in [6.45, 7) is 0.719. The van der Waals surface area contributed by atoms with Crippen molar-refractivity contribution in [2.75, 3.05) is 5.75 Å². The molecule has 2 atom stereocenters. The summed E-state index contributed by atoms with van der Waals surface area (Å²) >= 11 is 7.88. The van der Waals surface area contributed by atoms with E-state index in [2.05, 4.69) is 29.6 Å². The molecule has 0 saturated heterocycles. The van der Waals surface area contributed by atoms with E-state index in [0.29, 0.717) is 5.02 Å². The molecule has 1 aliphatic heterocycles. The summed E-state index contributed by atoms with van der Waals surface area (Å²) in [6.07, 6.45) is 0. The monoisotopic (exact) mass is 393 g/mol. The third-order valence-electron chi connectivity index (χ3n) is 4.89. The molecule has 0 bridgehead atoms. The van der Waals surface area contributed by atoms with Crippen LogP contribution < -0.4 is 5.32 Å². The van der Waals surface area contributed by atoms with Crippen molar-refractivity contribution in [2.24, 2.45) is 5.92 Å². The largest absolute Gasteiger partial charge is 0.305 e. The number of halogens is 1. The average Bonchev–Trinajstić information content (AvgIpc) is 2.71.